The second-order valence-corrected chi connectivity index (χ2v) is 6.91. The van der Waals surface area contributed by atoms with Crippen LogP contribution in [0.15, 0.2) is 60.8 Å². The lowest BCUT2D eigenvalue weighted by Crippen LogP contribution is -2.37. The molecule has 1 N–H and O–H groups in total. The first-order chi connectivity index (χ1) is 14.6. The Balaban J connectivity index is 1.42. The Hall–Kier alpha value is -3.81. The van der Waals surface area contributed by atoms with Crippen LogP contribution in [-0.2, 0) is 4.74 Å². The highest BCUT2D eigenvalue weighted by atomic mass is 16.5. The molecule has 0 aliphatic carbocycles. The normalized spacial score (nSPS) is 15.6. The molecule has 0 saturated carbocycles. The minimum Gasteiger partial charge on any atom is -0.464 e. The van der Waals surface area contributed by atoms with Gasteiger partial charge in [-0.3, -0.25) is 4.79 Å². The van der Waals surface area contributed by atoms with Crippen LogP contribution in [0, 0.1) is 0 Å². The molecular weight excluding hydrogens is 382 g/mol. The van der Waals surface area contributed by atoms with Gasteiger partial charge in [-0.15, -0.1) is 0 Å². The van der Waals surface area contributed by atoms with Gasteiger partial charge in [0.15, 0.2) is 0 Å². The summed E-state index contributed by atoms with van der Waals surface area (Å²) >= 11 is 0. The van der Waals surface area contributed by atoms with E-state index in [9.17, 15) is 9.59 Å². The number of rotatable bonds is 5. The SMILES string of the molecule is COC(=O)c1cccc(C(=O)NC2CCN(c3nccc(-c4ccccc4)n3)C2)n1. The van der Waals surface area contributed by atoms with Crippen molar-refractivity contribution < 1.29 is 14.3 Å². The van der Waals surface area contributed by atoms with Crippen LogP contribution in [0.3, 0.4) is 0 Å². The Morgan fingerprint density at radius 1 is 1.03 bits per heavy atom. The number of anilines is 1. The predicted octanol–water partition coefficient (Wildman–Crippen LogP) is 2.33. The monoisotopic (exact) mass is 403 g/mol. The fourth-order valence-corrected chi connectivity index (χ4v) is 3.37. The number of aromatic nitrogens is 3. The third-order valence-electron chi connectivity index (χ3n) is 4.89. The van der Waals surface area contributed by atoms with E-state index in [1.165, 1.54) is 13.2 Å². The quantitative estimate of drug-likeness (QED) is 0.653. The number of ether oxygens (including phenoxy) is 1. The lowest BCUT2D eigenvalue weighted by atomic mass is 10.1. The van der Waals surface area contributed by atoms with Gasteiger partial charge in [0.25, 0.3) is 5.91 Å². The van der Waals surface area contributed by atoms with Gasteiger partial charge >= 0.3 is 5.97 Å². The zero-order valence-electron chi connectivity index (χ0n) is 16.5. The van der Waals surface area contributed by atoms with E-state index in [1.54, 1.807) is 18.3 Å². The van der Waals surface area contributed by atoms with E-state index in [0.717, 1.165) is 24.2 Å². The van der Waals surface area contributed by atoms with Crippen molar-refractivity contribution in [3.8, 4) is 11.3 Å². The number of pyridine rings is 1. The lowest BCUT2D eigenvalue weighted by Gasteiger charge is -2.17. The standard InChI is InChI=1S/C22H21N5O3/c1-30-21(29)19-9-5-8-18(25-19)20(28)24-16-11-13-27(14-16)22-23-12-10-17(26-22)15-6-3-2-4-7-15/h2-10,12,16H,11,13-14H2,1H3,(H,24,28). The molecule has 8 nitrogen and oxygen atoms in total. The number of hydrogen-bond acceptors (Lipinski definition) is 7. The molecule has 0 bridgehead atoms. The molecule has 0 radical (unpaired) electrons. The summed E-state index contributed by atoms with van der Waals surface area (Å²) in [5.41, 5.74) is 2.17. The number of benzene rings is 1. The van der Waals surface area contributed by atoms with Crippen molar-refractivity contribution in [1.82, 2.24) is 20.3 Å². The Morgan fingerprint density at radius 2 is 1.83 bits per heavy atom. The molecule has 3 aromatic rings. The molecule has 3 heterocycles. The van der Waals surface area contributed by atoms with Crippen LogP contribution < -0.4 is 10.2 Å². The van der Waals surface area contributed by atoms with E-state index in [4.69, 9.17) is 0 Å². The molecular formula is C22H21N5O3. The number of hydrogen-bond donors (Lipinski definition) is 1. The van der Waals surface area contributed by atoms with Crippen molar-refractivity contribution in [1.29, 1.82) is 0 Å². The first kappa shape index (κ1) is 19.5. The summed E-state index contributed by atoms with van der Waals surface area (Å²) in [5.74, 6) is -0.266. The van der Waals surface area contributed by atoms with E-state index in [-0.39, 0.29) is 23.3 Å². The molecule has 1 saturated heterocycles. The number of esters is 1. The van der Waals surface area contributed by atoms with Crippen LogP contribution in [0.2, 0.25) is 0 Å². The van der Waals surface area contributed by atoms with Crippen LogP contribution in [0.1, 0.15) is 27.4 Å². The Morgan fingerprint density at radius 3 is 2.63 bits per heavy atom. The summed E-state index contributed by atoms with van der Waals surface area (Å²) in [4.78, 5) is 39.4. The van der Waals surface area contributed by atoms with Gasteiger partial charge in [0.2, 0.25) is 5.95 Å². The van der Waals surface area contributed by atoms with Crippen molar-refractivity contribution in [2.24, 2.45) is 0 Å². The number of nitrogens with zero attached hydrogens (tertiary/aromatic N) is 4. The molecule has 0 spiro atoms. The number of carbonyl (C=O) groups is 2. The van der Waals surface area contributed by atoms with E-state index in [0.29, 0.717) is 12.5 Å². The molecule has 30 heavy (non-hydrogen) atoms. The summed E-state index contributed by atoms with van der Waals surface area (Å²) in [6, 6.07) is 16.4. The Labute approximate surface area is 173 Å². The average Bonchev–Trinajstić information content (AvgIpc) is 3.28. The molecule has 1 atom stereocenters. The van der Waals surface area contributed by atoms with Crippen LogP contribution in [-0.4, -0.2) is 53.1 Å². The molecule has 1 unspecified atom stereocenters. The van der Waals surface area contributed by atoms with Gasteiger partial charge in [0.05, 0.1) is 12.8 Å². The zero-order chi connectivity index (χ0) is 20.9. The molecule has 8 heteroatoms. The van der Waals surface area contributed by atoms with Crippen LogP contribution in [0.4, 0.5) is 5.95 Å². The fourth-order valence-electron chi connectivity index (χ4n) is 3.37. The lowest BCUT2D eigenvalue weighted by molar-refractivity contribution is 0.0594. The third kappa shape index (κ3) is 4.27. The highest BCUT2D eigenvalue weighted by molar-refractivity contribution is 5.94. The number of amides is 1. The number of carbonyl (C=O) groups excluding carboxylic acids is 2. The van der Waals surface area contributed by atoms with Gasteiger partial charge < -0.3 is 15.0 Å². The van der Waals surface area contributed by atoms with Gasteiger partial charge in [-0.2, -0.15) is 0 Å². The van der Waals surface area contributed by atoms with Gasteiger partial charge in [-0.05, 0) is 24.6 Å². The highest BCUT2D eigenvalue weighted by Crippen LogP contribution is 2.21. The molecule has 1 aliphatic rings. The Kier molecular flexibility index (Phi) is 5.65. The summed E-state index contributed by atoms with van der Waals surface area (Å²) in [7, 11) is 1.28. The van der Waals surface area contributed by atoms with Gasteiger partial charge in [-0.25, -0.2) is 19.7 Å². The number of nitrogens with one attached hydrogen (secondary N) is 1. The van der Waals surface area contributed by atoms with E-state index in [1.807, 2.05) is 36.4 Å². The molecule has 4 rings (SSSR count). The Bertz CT molecular complexity index is 1060. The molecule has 1 aliphatic heterocycles. The summed E-state index contributed by atoms with van der Waals surface area (Å²) in [5, 5.41) is 2.97. The largest absolute Gasteiger partial charge is 0.464 e. The number of methoxy groups -OCH3 is 1. The van der Waals surface area contributed by atoms with E-state index in [2.05, 4.69) is 29.9 Å². The predicted molar refractivity (Wildman–Crippen MR) is 111 cm³/mol. The smallest absolute Gasteiger partial charge is 0.356 e. The topological polar surface area (TPSA) is 97.3 Å². The fraction of sp³-hybridized carbons (Fsp3) is 0.227. The maximum atomic E-state index is 12.6. The third-order valence-corrected chi connectivity index (χ3v) is 4.89. The van der Waals surface area contributed by atoms with Gasteiger partial charge in [-0.1, -0.05) is 36.4 Å². The average molecular weight is 403 g/mol. The minimum atomic E-state index is -0.577. The van der Waals surface area contributed by atoms with Gasteiger partial charge in [0, 0.05) is 30.9 Å². The van der Waals surface area contributed by atoms with Crippen molar-refractivity contribution in [3.63, 3.8) is 0 Å². The zero-order valence-corrected chi connectivity index (χ0v) is 16.5. The van der Waals surface area contributed by atoms with Crippen LogP contribution in [0.25, 0.3) is 11.3 Å². The maximum Gasteiger partial charge on any atom is 0.356 e. The molecule has 152 valence electrons. The molecule has 1 fully saturated rings. The van der Waals surface area contributed by atoms with Crippen molar-refractivity contribution in [2.75, 3.05) is 25.1 Å². The van der Waals surface area contributed by atoms with Crippen molar-refractivity contribution in [3.05, 3.63) is 72.2 Å². The first-order valence-electron chi connectivity index (χ1n) is 9.63. The van der Waals surface area contributed by atoms with E-state index < -0.39 is 5.97 Å². The van der Waals surface area contributed by atoms with Crippen LogP contribution in [0.5, 0.6) is 0 Å². The second-order valence-electron chi connectivity index (χ2n) is 6.91. The van der Waals surface area contributed by atoms with E-state index >= 15 is 0 Å². The summed E-state index contributed by atoms with van der Waals surface area (Å²) in [6.45, 7) is 1.33. The maximum absolute atomic E-state index is 12.6. The highest BCUT2D eigenvalue weighted by Gasteiger charge is 2.26. The van der Waals surface area contributed by atoms with Crippen molar-refractivity contribution in [2.45, 2.75) is 12.5 Å². The molecule has 1 amide bonds. The summed E-state index contributed by atoms with van der Waals surface area (Å²) < 4.78 is 4.66. The summed E-state index contributed by atoms with van der Waals surface area (Å²) in [6.07, 6.45) is 2.51. The van der Waals surface area contributed by atoms with Crippen molar-refractivity contribution >= 4 is 17.8 Å². The minimum absolute atomic E-state index is 0.0648. The molecule has 1 aromatic carbocycles. The second kappa shape index (κ2) is 8.69. The first-order valence-corrected chi connectivity index (χ1v) is 9.63. The van der Waals surface area contributed by atoms with Gasteiger partial charge in [0.1, 0.15) is 11.4 Å². The van der Waals surface area contributed by atoms with Crippen LogP contribution >= 0.6 is 0 Å². The molecule has 2 aromatic heterocycles.